The zero-order chi connectivity index (χ0) is 18.1. The van der Waals surface area contributed by atoms with E-state index in [4.69, 9.17) is 0 Å². The van der Waals surface area contributed by atoms with E-state index < -0.39 is 16.1 Å². The average Bonchev–Trinajstić information content (AvgIpc) is 3.01. The molecule has 0 saturated heterocycles. The second-order valence-corrected chi connectivity index (χ2v) is 8.18. The quantitative estimate of drug-likeness (QED) is 0.740. The van der Waals surface area contributed by atoms with Crippen LogP contribution in [0.25, 0.3) is 11.6 Å². The fourth-order valence-corrected chi connectivity index (χ4v) is 4.47. The minimum atomic E-state index is -3.63. The number of hydrogen-bond acceptors (Lipinski definition) is 2. The van der Waals surface area contributed by atoms with E-state index in [1.54, 1.807) is 12.1 Å². The Labute approximate surface area is 154 Å². The predicted octanol–water partition coefficient (Wildman–Crippen LogP) is 4.57. The van der Waals surface area contributed by atoms with Crippen LogP contribution in [0, 0.1) is 6.92 Å². The van der Waals surface area contributed by atoms with Gasteiger partial charge in [-0.3, -0.25) is 0 Å². The number of nitrogens with one attached hydrogen (secondary N) is 1. The Morgan fingerprint density at radius 2 is 1.46 bits per heavy atom. The van der Waals surface area contributed by atoms with Gasteiger partial charge in [0.15, 0.2) is 0 Å². The Morgan fingerprint density at radius 3 is 2.19 bits per heavy atom. The molecule has 0 radical (unpaired) electrons. The number of aryl methyl sites for hydroxylation is 1. The van der Waals surface area contributed by atoms with Gasteiger partial charge in [-0.05, 0) is 47.4 Å². The molecule has 0 spiro atoms. The van der Waals surface area contributed by atoms with Crippen LogP contribution in [0.4, 0.5) is 0 Å². The van der Waals surface area contributed by atoms with E-state index in [0.717, 1.165) is 27.8 Å². The van der Waals surface area contributed by atoms with Gasteiger partial charge >= 0.3 is 0 Å². The van der Waals surface area contributed by atoms with Crippen LogP contribution in [-0.4, -0.2) is 8.42 Å². The molecular weight excluding hydrogens is 342 g/mol. The third-order valence-electron chi connectivity index (χ3n) is 4.64. The molecule has 130 valence electrons. The highest BCUT2D eigenvalue weighted by Gasteiger charge is 2.30. The third kappa shape index (κ3) is 3.09. The molecule has 26 heavy (non-hydrogen) atoms. The summed E-state index contributed by atoms with van der Waals surface area (Å²) in [7, 11) is -3.63. The first-order chi connectivity index (χ1) is 12.5. The molecule has 3 nitrogen and oxygen atoms in total. The highest BCUT2D eigenvalue weighted by molar-refractivity contribution is 7.89. The first kappa shape index (κ1) is 16.8. The number of sulfonamides is 1. The Bertz CT molecular complexity index is 1070. The summed E-state index contributed by atoms with van der Waals surface area (Å²) < 4.78 is 28.8. The molecule has 0 unspecified atom stereocenters. The summed E-state index contributed by atoms with van der Waals surface area (Å²) in [6.07, 6.45) is 2.06. The van der Waals surface area contributed by atoms with Crippen LogP contribution < -0.4 is 4.72 Å². The minimum absolute atomic E-state index is 0.278. The van der Waals surface area contributed by atoms with Gasteiger partial charge in [0, 0.05) is 0 Å². The van der Waals surface area contributed by atoms with Crippen molar-refractivity contribution in [3.63, 3.8) is 0 Å². The van der Waals surface area contributed by atoms with Gasteiger partial charge in [0.2, 0.25) is 10.0 Å². The van der Waals surface area contributed by atoms with Crippen molar-refractivity contribution in [3.05, 3.63) is 101 Å². The van der Waals surface area contributed by atoms with E-state index in [0.29, 0.717) is 0 Å². The van der Waals surface area contributed by atoms with Crippen LogP contribution in [0.2, 0.25) is 0 Å². The molecule has 0 aromatic heterocycles. The van der Waals surface area contributed by atoms with E-state index in [2.05, 4.69) is 10.8 Å². The van der Waals surface area contributed by atoms with E-state index in [-0.39, 0.29) is 4.90 Å². The van der Waals surface area contributed by atoms with Gasteiger partial charge in [-0.2, -0.15) is 4.72 Å². The molecule has 4 heteroatoms. The van der Waals surface area contributed by atoms with Crippen LogP contribution in [0.15, 0.2) is 83.8 Å². The average molecular weight is 361 g/mol. The standard InChI is InChI=1S/C22H19NO2S/c1-16-11-13-19(14-12-16)26(24,25)23-22-20-10-6-5-9-18(20)15-21(22)17-7-3-2-4-8-17/h2-15,22-23H,1H3/t22-/m1/s1. The molecule has 3 aromatic rings. The van der Waals surface area contributed by atoms with Crippen LogP contribution in [-0.2, 0) is 10.0 Å². The van der Waals surface area contributed by atoms with Crippen molar-refractivity contribution in [1.82, 2.24) is 4.72 Å². The molecule has 0 saturated carbocycles. The van der Waals surface area contributed by atoms with Gasteiger partial charge in [-0.1, -0.05) is 72.3 Å². The summed E-state index contributed by atoms with van der Waals surface area (Å²) in [5, 5.41) is 0. The van der Waals surface area contributed by atoms with Gasteiger partial charge in [0.25, 0.3) is 0 Å². The second kappa shape index (κ2) is 6.56. The Balaban J connectivity index is 1.75. The smallest absolute Gasteiger partial charge is 0.207 e. The maximum atomic E-state index is 12.9. The lowest BCUT2D eigenvalue weighted by Crippen LogP contribution is -2.28. The number of benzene rings is 3. The summed E-state index contributed by atoms with van der Waals surface area (Å²) in [4.78, 5) is 0.278. The largest absolute Gasteiger partial charge is 0.241 e. The van der Waals surface area contributed by atoms with Gasteiger partial charge < -0.3 is 0 Å². The zero-order valence-corrected chi connectivity index (χ0v) is 15.2. The summed E-state index contributed by atoms with van der Waals surface area (Å²) in [6.45, 7) is 1.94. The molecule has 1 atom stereocenters. The number of hydrogen-bond donors (Lipinski definition) is 1. The van der Waals surface area contributed by atoms with E-state index in [1.807, 2.05) is 73.7 Å². The Morgan fingerprint density at radius 1 is 0.808 bits per heavy atom. The molecule has 1 aliphatic rings. The van der Waals surface area contributed by atoms with E-state index in [9.17, 15) is 8.42 Å². The number of fused-ring (bicyclic) bond motifs is 1. The molecule has 0 amide bonds. The lowest BCUT2D eigenvalue weighted by Gasteiger charge is -2.19. The lowest BCUT2D eigenvalue weighted by atomic mass is 9.99. The van der Waals surface area contributed by atoms with Gasteiger partial charge in [-0.25, -0.2) is 8.42 Å². The van der Waals surface area contributed by atoms with Crippen molar-refractivity contribution < 1.29 is 8.42 Å². The molecule has 1 aliphatic carbocycles. The molecular formula is C22H19NO2S. The van der Waals surface area contributed by atoms with Crippen LogP contribution in [0.3, 0.4) is 0 Å². The van der Waals surface area contributed by atoms with E-state index >= 15 is 0 Å². The fourth-order valence-electron chi connectivity index (χ4n) is 3.27. The molecule has 0 heterocycles. The monoisotopic (exact) mass is 361 g/mol. The molecule has 0 fully saturated rings. The van der Waals surface area contributed by atoms with Gasteiger partial charge in [-0.15, -0.1) is 0 Å². The van der Waals surface area contributed by atoms with Gasteiger partial charge in [0.05, 0.1) is 10.9 Å². The van der Waals surface area contributed by atoms with Crippen LogP contribution >= 0.6 is 0 Å². The second-order valence-electron chi connectivity index (χ2n) is 6.46. The van der Waals surface area contributed by atoms with Crippen molar-refractivity contribution in [1.29, 1.82) is 0 Å². The zero-order valence-electron chi connectivity index (χ0n) is 14.4. The molecule has 3 aromatic carbocycles. The van der Waals surface area contributed by atoms with Crippen LogP contribution in [0.5, 0.6) is 0 Å². The predicted molar refractivity (Wildman–Crippen MR) is 105 cm³/mol. The summed E-state index contributed by atoms with van der Waals surface area (Å²) >= 11 is 0. The minimum Gasteiger partial charge on any atom is -0.207 e. The topological polar surface area (TPSA) is 46.2 Å². The first-order valence-electron chi connectivity index (χ1n) is 8.49. The molecule has 1 N–H and O–H groups in total. The summed E-state index contributed by atoms with van der Waals surface area (Å²) in [6, 6.07) is 24.3. The molecule has 4 rings (SSSR count). The Hall–Kier alpha value is -2.69. The van der Waals surface area contributed by atoms with Crippen molar-refractivity contribution in [2.24, 2.45) is 0 Å². The highest BCUT2D eigenvalue weighted by Crippen LogP contribution is 2.40. The fraction of sp³-hybridized carbons (Fsp3) is 0.0909. The van der Waals surface area contributed by atoms with Crippen molar-refractivity contribution >= 4 is 21.7 Å². The Kier molecular flexibility index (Phi) is 4.23. The van der Waals surface area contributed by atoms with Crippen molar-refractivity contribution in [2.45, 2.75) is 17.9 Å². The first-order valence-corrected chi connectivity index (χ1v) is 9.98. The normalized spacial score (nSPS) is 16.2. The maximum absolute atomic E-state index is 12.9. The maximum Gasteiger partial charge on any atom is 0.241 e. The van der Waals surface area contributed by atoms with Crippen molar-refractivity contribution in [2.75, 3.05) is 0 Å². The third-order valence-corrected chi connectivity index (χ3v) is 6.08. The van der Waals surface area contributed by atoms with Crippen molar-refractivity contribution in [3.8, 4) is 0 Å². The van der Waals surface area contributed by atoms with Crippen LogP contribution in [0.1, 0.15) is 28.3 Å². The molecule has 0 aliphatic heterocycles. The molecule has 0 bridgehead atoms. The lowest BCUT2D eigenvalue weighted by molar-refractivity contribution is 0.576. The highest BCUT2D eigenvalue weighted by atomic mass is 32.2. The summed E-state index contributed by atoms with van der Waals surface area (Å²) in [5.41, 5.74) is 5.02. The SMILES string of the molecule is Cc1ccc(S(=O)(=O)N[C@H]2C(c3ccccc3)=Cc3ccccc32)cc1. The summed E-state index contributed by atoms with van der Waals surface area (Å²) in [5.74, 6) is 0. The van der Waals surface area contributed by atoms with E-state index in [1.165, 1.54) is 0 Å². The van der Waals surface area contributed by atoms with Gasteiger partial charge in [0.1, 0.15) is 0 Å². The number of rotatable bonds is 4.